The summed E-state index contributed by atoms with van der Waals surface area (Å²) in [5.41, 5.74) is 5.82. The number of nitrogens with zero attached hydrogens (tertiary/aromatic N) is 7. The van der Waals surface area contributed by atoms with Crippen molar-refractivity contribution >= 4 is 28.6 Å². The van der Waals surface area contributed by atoms with E-state index in [4.69, 9.17) is 4.98 Å². The summed E-state index contributed by atoms with van der Waals surface area (Å²) in [7, 11) is 0. The summed E-state index contributed by atoms with van der Waals surface area (Å²) in [4.78, 5) is 34.7. The maximum absolute atomic E-state index is 13.6. The minimum absolute atomic E-state index is 0.0106. The second-order valence-electron chi connectivity index (χ2n) is 10.7. The zero-order chi connectivity index (χ0) is 24.6. The molecular formula is C28H37N7O. The molecule has 0 aliphatic carbocycles. The van der Waals surface area contributed by atoms with Crippen LogP contribution in [-0.4, -0.2) is 69.6 Å². The second-order valence-corrected chi connectivity index (χ2v) is 10.7. The Morgan fingerprint density at radius 3 is 2.64 bits per heavy atom. The molecule has 2 aromatic heterocycles. The van der Waals surface area contributed by atoms with Gasteiger partial charge in [-0.15, -0.1) is 0 Å². The molecule has 3 aliphatic rings. The number of hydrogen-bond donors (Lipinski definition) is 0. The number of carbonyl (C=O) groups is 1. The van der Waals surface area contributed by atoms with Crippen LogP contribution < -0.4 is 9.80 Å². The number of hydrogen-bond acceptors (Lipinski definition) is 6. The lowest BCUT2D eigenvalue weighted by atomic mass is 9.96. The Balaban J connectivity index is 1.15. The zero-order valence-corrected chi connectivity index (χ0v) is 21.6. The summed E-state index contributed by atoms with van der Waals surface area (Å²) in [6.45, 7) is 10.3. The molecule has 36 heavy (non-hydrogen) atoms. The van der Waals surface area contributed by atoms with E-state index in [1.54, 1.807) is 6.33 Å². The van der Waals surface area contributed by atoms with Crippen LogP contribution in [0.2, 0.25) is 0 Å². The van der Waals surface area contributed by atoms with E-state index in [-0.39, 0.29) is 5.92 Å². The van der Waals surface area contributed by atoms with Crippen molar-refractivity contribution in [3.05, 3.63) is 41.5 Å². The normalized spacial score (nSPS) is 20.9. The van der Waals surface area contributed by atoms with Gasteiger partial charge in [0.15, 0.2) is 17.0 Å². The fourth-order valence-corrected chi connectivity index (χ4v) is 6.23. The summed E-state index contributed by atoms with van der Waals surface area (Å²) in [6, 6.07) is 6.50. The van der Waals surface area contributed by atoms with E-state index in [0.717, 1.165) is 81.3 Å². The molecule has 2 fully saturated rings. The summed E-state index contributed by atoms with van der Waals surface area (Å²) < 4.78 is 2.29. The smallest absolute Gasteiger partial charge is 0.227 e. The highest BCUT2D eigenvalue weighted by atomic mass is 16.2. The average Bonchev–Trinajstić information content (AvgIpc) is 3.10. The molecule has 2 saturated heterocycles. The lowest BCUT2D eigenvalue weighted by Crippen LogP contribution is -2.52. The number of piperidine rings is 1. The average molecular weight is 488 g/mol. The van der Waals surface area contributed by atoms with Gasteiger partial charge >= 0.3 is 0 Å². The van der Waals surface area contributed by atoms with E-state index in [0.29, 0.717) is 12.5 Å². The molecular weight excluding hydrogens is 450 g/mol. The van der Waals surface area contributed by atoms with Crippen molar-refractivity contribution in [3.63, 3.8) is 0 Å². The number of amides is 1. The van der Waals surface area contributed by atoms with Crippen LogP contribution in [0.3, 0.4) is 0 Å². The van der Waals surface area contributed by atoms with Gasteiger partial charge in [0.05, 0.1) is 5.92 Å². The van der Waals surface area contributed by atoms with Crippen molar-refractivity contribution in [2.75, 3.05) is 49.1 Å². The van der Waals surface area contributed by atoms with Crippen molar-refractivity contribution in [2.45, 2.75) is 58.9 Å². The maximum atomic E-state index is 13.6. The third kappa shape index (κ3) is 4.20. The lowest BCUT2D eigenvalue weighted by Gasteiger charge is -2.40. The highest BCUT2D eigenvalue weighted by Crippen LogP contribution is 2.30. The van der Waals surface area contributed by atoms with Crippen LogP contribution in [0.4, 0.5) is 11.5 Å². The highest BCUT2D eigenvalue weighted by molar-refractivity contribution is 5.85. The lowest BCUT2D eigenvalue weighted by molar-refractivity contribution is -0.136. The minimum Gasteiger partial charge on any atom is -0.368 e. The highest BCUT2D eigenvalue weighted by Gasteiger charge is 2.33. The van der Waals surface area contributed by atoms with Crippen LogP contribution >= 0.6 is 0 Å². The van der Waals surface area contributed by atoms with E-state index >= 15 is 0 Å². The monoisotopic (exact) mass is 487 g/mol. The van der Waals surface area contributed by atoms with Gasteiger partial charge in [0.1, 0.15) is 12.2 Å². The quantitative estimate of drug-likeness (QED) is 0.561. The number of anilines is 2. The summed E-state index contributed by atoms with van der Waals surface area (Å²) in [6.07, 6.45) is 8.23. The Morgan fingerprint density at radius 1 is 0.917 bits per heavy atom. The first kappa shape index (κ1) is 23.3. The largest absolute Gasteiger partial charge is 0.368 e. The number of imidazole rings is 1. The SMILES string of the molecule is Cc1cccc(N2CCN(C(=O)C3CCCN(c4ncnc5c4nc4n5CCCCC4)C3)CC2)c1C. The third-order valence-corrected chi connectivity index (χ3v) is 8.45. The summed E-state index contributed by atoms with van der Waals surface area (Å²) in [5.74, 6) is 2.34. The van der Waals surface area contributed by atoms with Crippen LogP contribution in [0.1, 0.15) is 49.1 Å². The Kier molecular flexibility index (Phi) is 6.27. The van der Waals surface area contributed by atoms with Gasteiger partial charge in [-0.2, -0.15) is 0 Å². The van der Waals surface area contributed by atoms with Gasteiger partial charge in [-0.25, -0.2) is 15.0 Å². The minimum atomic E-state index is 0.0106. The molecule has 1 aromatic carbocycles. The molecule has 0 radical (unpaired) electrons. The standard InChI is InChI=1S/C28H37N7O/c1-20-8-6-10-23(21(20)2)32-14-16-33(17-15-32)28(36)22-9-7-12-34(18-22)26-25-27(30-19-29-26)35-13-5-3-4-11-24(35)31-25/h6,8,10,19,22H,3-5,7,9,11-18H2,1-2H3. The molecule has 1 atom stereocenters. The molecule has 0 bridgehead atoms. The molecule has 1 unspecified atom stereocenters. The van der Waals surface area contributed by atoms with Crippen LogP contribution in [0.25, 0.3) is 11.2 Å². The molecule has 190 valence electrons. The number of carbonyl (C=O) groups excluding carboxylic acids is 1. The number of piperazine rings is 1. The van der Waals surface area contributed by atoms with Gasteiger partial charge in [-0.3, -0.25) is 4.79 Å². The van der Waals surface area contributed by atoms with Crippen molar-refractivity contribution < 1.29 is 4.79 Å². The van der Waals surface area contributed by atoms with E-state index in [1.165, 1.54) is 36.1 Å². The van der Waals surface area contributed by atoms with Crippen LogP contribution in [0.5, 0.6) is 0 Å². The van der Waals surface area contributed by atoms with Crippen LogP contribution in [-0.2, 0) is 17.8 Å². The number of rotatable bonds is 3. The van der Waals surface area contributed by atoms with Crippen molar-refractivity contribution in [1.82, 2.24) is 24.4 Å². The fraction of sp³-hybridized carbons (Fsp3) is 0.571. The van der Waals surface area contributed by atoms with Crippen LogP contribution in [0, 0.1) is 19.8 Å². The molecule has 8 heteroatoms. The van der Waals surface area contributed by atoms with Gasteiger partial charge < -0.3 is 19.3 Å². The Hall–Kier alpha value is -3.16. The zero-order valence-electron chi connectivity index (χ0n) is 21.6. The first-order valence-electron chi connectivity index (χ1n) is 13.6. The van der Waals surface area contributed by atoms with Crippen molar-refractivity contribution in [1.29, 1.82) is 0 Å². The molecule has 6 rings (SSSR count). The molecule has 8 nitrogen and oxygen atoms in total. The topological polar surface area (TPSA) is 70.4 Å². The second kappa shape index (κ2) is 9.71. The number of benzene rings is 1. The third-order valence-electron chi connectivity index (χ3n) is 8.45. The molecule has 3 aromatic rings. The van der Waals surface area contributed by atoms with Crippen molar-refractivity contribution in [3.8, 4) is 0 Å². The first-order valence-corrected chi connectivity index (χ1v) is 13.6. The Labute approximate surface area is 213 Å². The summed E-state index contributed by atoms with van der Waals surface area (Å²) >= 11 is 0. The molecule has 5 heterocycles. The van der Waals surface area contributed by atoms with Crippen LogP contribution in [0.15, 0.2) is 24.5 Å². The van der Waals surface area contributed by atoms with E-state index in [9.17, 15) is 4.79 Å². The van der Waals surface area contributed by atoms with Gasteiger partial charge in [0.25, 0.3) is 0 Å². The van der Waals surface area contributed by atoms with Gasteiger partial charge in [0.2, 0.25) is 5.91 Å². The molecule has 1 amide bonds. The van der Waals surface area contributed by atoms with E-state index < -0.39 is 0 Å². The van der Waals surface area contributed by atoms with E-state index in [2.05, 4.69) is 61.3 Å². The number of aryl methyl sites for hydroxylation is 3. The predicted octanol–water partition coefficient (Wildman–Crippen LogP) is 3.73. The number of aromatic nitrogens is 4. The molecule has 0 saturated carbocycles. The van der Waals surface area contributed by atoms with Gasteiger partial charge in [-0.1, -0.05) is 18.6 Å². The van der Waals surface area contributed by atoms with Gasteiger partial charge in [-0.05, 0) is 56.7 Å². The predicted molar refractivity (Wildman–Crippen MR) is 143 cm³/mol. The Bertz CT molecular complexity index is 1260. The van der Waals surface area contributed by atoms with Gasteiger partial charge in [0, 0.05) is 57.9 Å². The first-order chi connectivity index (χ1) is 17.6. The fourth-order valence-electron chi connectivity index (χ4n) is 6.23. The molecule has 0 spiro atoms. The molecule has 3 aliphatic heterocycles. The van der Waals surface area contributed by atoms with E-state index in [1.807, 2.05) is 0 Å². The molecule has 0 N–H and O–H groups in total. The Morgan fingerprint density at radius 2 is 1.78 bits per heavy atom. The van der Waals surface area contributed by atoms with Crippen molar-refractivity contribution in [2.24, 2.45) is 5.92 Å². The summed E-state index contributed by atoms with van der Waals surface area (Å²) in [5, 5.41) is 0. The maximum Gasteiger partial charge on any atom is 0.227 e. The number of fused-ring (bicyclic) bond motifs is 3.